The first-order valence-corrected chi connectivity index (χ1v) is 9.09. The second-order valence-electron chi connectivity index (χ2n) is 6.49. The largest absolute Gasteiger partial charge is 0.493 e. The Morgan fingerprint density at radius 3 is 2.44 bits per heavy atom. The normalized spacial score (nSPS) is 14.9. The molecule has 3 rings (SSSR count). The average Bonchev–Trinajstić information content (AvgIpc) is 3.26. The highest BCUT2D eigenvalue weighted by molar-refractivity contribution is 5.76. The monoisotopic (exact) mass is 374 g/mol. The summed E-state index contributed by atoms with van der Waals surface area (Å²) in [6.07, 6.45) is 6.38. The first-order chi connectivity index (χ1) is 13.2. The minimum Gasteiger partial charge on any atom is -0.493 e. The molecule has 1 aliphatic rings. The van der Waals surface area contributed by atoms with Crippen molar-refractivity contribution in [3.8, 4) is 17.2 Å². The van der Waals surface area contributed by atoms with Crippen molar-refractivity contribution < 1.29 is 19.0 Å². The van der Waals surface area contributed by atoms with Crippen LogP contribution in [0.4, 0.5) is 0 Å². The van der Waals surface area contributed by atoms with E-state index in [-0.39, 0.29) is 5.91 Å². The summed E-state index contributed by atoms with van der Waals surface area (Å²) in [5.41, 5.74) is 0.931. The van der Waals surface area contributed by atoms with Crippen molar-refractivity contribution in [2.75, 3.05) is 34.4 Å². The number of hydrogen-bond acceptors (Lipinski definition) is 6. The van der Waals surface area contributed by atoms with Gasteiger partial charge >= 0.3 is 0 Å². The minimum absolute atomic E-state index is 0.156. The third-order valence-electron chi connectivity index (χ3n) is 5.03. The number of aryl methyl sites for hydroxylation is 1. The maximum Gasteiger partial charge on any atom is 0.222 e. The van der Waals surface area contributed by atoms with Crippen LogP contribution in [0.1, 0.15) is 30.9 Å². The van der Waals surface area contributed by atoms with Crippen LogP contribution >= 0.6 is 0 Å². The predicted octanol–water partition coefficient (Wildman–Crippen LogP) is 2.10. The molecular weight excluding hydrogens is 348 g/mol. The fraction of sp³-hybridized carbons (Fsp3) is 0.526. The third-order valence-corrected chi connectivity index (χ3v) is 5.03. The van der Waals surface area contributed by atoms with Gasteiger partial charge in [0.1, 0.15) is 0 Å². The number of aromatic nitrogens is 3. The number of benzene rings is 1. The molecular formula is C19H26N4O4. The standard InChI is InChI=1S/C19H26N4O4/c1-25-16-6-4-14(18(26-2)19(16)27-3)5-7-17(24)22-11-8-15(9-12-22)23-13-10-20-21-23/h4,6,10,13,15H,5,7-9,11-12H2,1-3H3. The van der Waals surface area contributed by atoms with E-state index in [0.29, 0.717) is 36.1 Å². The number of nitrogens with zero attached hydrogens (tertiary/aromatic N) is 4. The van der Waals surface area contributed by atoms with Crippen LogP contribution < -0.4 is 14.2 Å². The molecule has 146 valence electrons. The highest BCUT2D eigenvalue weighted by Gasteiger charge is 2.24. The molecule has 1 aromatic heterocycles. The Balaban J connectivity index is 1.58. The number of methoxy groups -OCH3 is 3. The highest BCUT2D eigenvalue weighted by atomic mass is 16.5. The van der Waals surface area contributed by atoms with Gasteiger partial charge in [-0.15, -0.1) is 5.10 Å². The average molecular weight is 374 g/mol. The molecule has 2 heterocycles. The van der Waals surface area contributed by atoms with E-state index in [2.05, 4.69) is 10.3 Å². The van der Waals surface area contributed by atoms with Crippen molar-refractivity contribution in [3.63, 3.8) is 0 Å². The van der Waals surface area contributed by atoms with Gasteiger partial charge in [-0.25, -0.2) is 4.68 Å². The van der Waals surface area contributed by atoms with E-state index in [4.69, 9.17) is 14.2 Å². The van der Waals surface area contributed by atoms with E-state index in [9.17, 15) is 4.79 Å². The van der Waals surface area contributed by atoms with Crippen molar-refractivity contribution >= 4 is 5.91 Å². The van der Waals surface area contributed by atoms with Gasteiger partial charge in [0.05, 0.1) is 33.6 Å². The molecule has 1 aliphatic heterocycles. The second kappa shape index (κ2) is 8.75. The maximum atomic E-state index is 12.6. The van der Waals surface area contributed by atoms with Gasteiger partial charge in [0, 0.05) is 25.7 Å². The lowest BCUT2D eigenvalue weighted by atomic mass is 10.0. The summed E-state index contributed by atoms with van der Waals surface area (Å²) in [6, 6.07) is 4.08. The van der Waals surface area contributed by atoms with Crippen molar-refractivity contribution in [2.45, 2.75) is 31.7 Å². The Labute approximate surface area is 159 Å². The molecule has 0 atom stereocenters. The van der Waals surface area contributed by atoms with Gasteiger partial charge in [-0.2, -0.15) is 0 Å². The zero-order valence-electron chi connectivity index (χ0n) is 16.1. The Hall–Kier alpha value is -2.77. The van der Waals surface area contributed by atoms with Crippen LogP contribution in [0.3, 0.4) is 0 Å². The number of hydrogen-bond donors (Lipinski definition) is 0. The lowest BCUT2D eigenvalue weighted by Gasteiger charge is -2.32. The van der Waals surface area contributed by atoms with E-state index in [1.807, 2.05) is 27.9 Å². The second-order valence-corrected chi connectivity index (χ2v) is 6.49. The Morgan fingerprint density at radius 2 is 1.85 bits per heavy atom. The molecule has 27 heavy (non-hydrogen) atoms. The number of likely N-dealkylation sites (tertiary alicyclic amines) is 1. The molecule has 1 aromatic carbocycles. The van der Waals surface area contributed by atoms with Gasteiger partial charge in [-0.3, -0.25) is 4.79 Å². The van der Waals surface area contributed by atoms with Crippen LogP contribution in [0.25, 0.3) is 0 Å². The van der Waals surface area contributed by atoms with Gasteiger partial charge < -0.3 is 19.1 Å². The van der Waals surface area contributed by atoms with Gasteiger partial charge in [-0.1, -0.05) is 11.3 Å². The Morgan fingerprint density at radius 1 is 1.11 bits per heavy atom. The molecule has 0 radical (unpaired) electrons. The van der Waals surface area contributed by atoms with Crippen LogP contribution in [0.2, 0.25) is 0 Å². The first-order valence-electron chi connectivity index (χ1n) is 9.09. The summed E-state index contributed by atoms with van der Waals surface area (Å²) in [5.74, 6) is 1.94. The van der Waals surface area contributed by atoms with Crippen molar-refractivity contribution in [1.29, 1.82) is 0 Å². The van der Waals surface area contributed by atoms with E-state index < -0.39 is 0 Å². The van der Waals surface area contributed by atoms with E-state index in [1.165, 1.54) is 0 Å². The Bertz CT molecular complexity index is 755. The number of piperidine rings is 1. The van der Waals surface area contributed by atoms with E-state index in [1.54, 1.807) is 27.5 Å². The fourth-order valence-electron chi connectivity index (χ4n) is 3.55. The maximum absolute atomic E-state index is 12.6. The first kappa shape index (κ1) is 19.0. The molecule has 0 aliphatic carbocycles. The molecule has 1 fully saturated rings. The molecule has 8 heteroatoms. The van der Waals surface area contributed by atoms with E-state index >= 15 is 0 Å². The highest BCUT2D eigenvalue weighted by Crippen LogP contribution is 2.40. The number of carbonyl (C=O) groups excluding carboxylic acids is 1. The van der Waals surface area contributed by atoms with Gasteiger partial charge in [0.25, 0.3) is 0 Å². The summed E-state index contributed by atoms with van der Waals surface area (Å²) >= 11 is 0. The van der Waals surface area contributed by atoms with Gasteiger partial charge in [0.2, 0.25) is 11.7 Å². The molecule has 8 nitrogen and oxygen atoms in total. The summed E-state index contributed by atoms with van der Waals surface area (Å²) in [7, 11) is 4.76. The number of amides is 1. The number of carbonyl (C=O) groups is 1. The van der Waals surface area contributed by atoms with Crippen LogP contribution in [0.15, 0.2) is 24.5 Å². The molecule has 1 amide bonds. The SMILES string of the molecule is COc1ccc(CCC(=O)N2CCC(n3ccnn3)CC2)c(OC)c1OC. The van der Waals surface area contributed by atoms with Crippen LogP contribution in [-0.2, 0) is 11.2 Å². The molecule has 2 aromatic rings. The van der Waals surface area contributed by atoms with Crippen LogP contribution in [0.5, 0.6) is 17.2 Å². The van der Waals surface area contributed by atoms with Gasteiger partial charge in [-0.05, 0) is 30.9 Å². The lowest BCUT2D eigenvalue weighted by Crippen LogP contribution is -2.39. The van der Waals surface area contributed by atoms with Crippen molar-refractivity contribution in [3.05, 3.63) is 30.1 Å². The van der Waals surface area contributed by atoms with E-state index in [0.717, 1.165) is 31.5 Å². The fourth-order valence-corrected chi connectivity index (χ4v) is 3.55. The van der Waals surface area contributed by atoms with Gasteiger partial charge in [0.15, 0.2) is 11.5 Å². The molecule has 0 unspecified atom stereocenters. The summed E-state index contributed by atoms with van der Waals surface area (Å²) in [6.45, 7) is 1.48. The smallest absolute Gasteiger partial charge is 0.222 e. The molecule has 0 N–H and O–H groups in total. The topological polar surface area (TPSA) is 78.7 Å². The lowest BCUT2D eigenvalue weighted by molar-refractivity contribution is -0.132. The number of rotatable bonds is 7. The predicted molar refractivity (Wildman–Crippen MR) is 99.3 cm³/mol. The molecule has 0 spiro atoms. The summed E-state index contributed by atoms with van der Waals surface area (Å²) in [5, 5.41) is 7.92. The van der Waals surface area contributed by atoms with Crippen LogP contribution in [0, 0.1) is 0 Å². The molecule has 1 saturated heterocycles. The van der Waals surface area contributed by atoms with Crippen molar-refractivity contribution in [1.82, 2.24) is 19.9 Å². The minimum atomic E-state index is 0.156. The summed E-state index contributed by atoms with van der Waals surface area (Å²) in [4.78, 5) is 14.6. The molecule has 0 bridgehead atoms. The number of ether oxygens (including phenoxy) is 3. The quantitative estimate of drug-likeness (QED) is 0.739. The zero-order chi connectivity index (χ0) is 19.2. The zero-order valence-corrected chi connectivity index (χ0v) is 16.1. The van der Waals surface area contributed by atoms with Crippen LogP contribution in [-0.4, -0.2) is 60.2 Å². The van der Waals surface area contributed by atoms with Crippen molar-refractivity contribution in [2.24, 2.45) is 0 Å². The third kappa shape index (κ3) is 4.15. The summed E-state index contributed by atoms with van der Waals surface area (Å²) < 4.78 is 18.1. The molecule has 0 saturated carbocycles. The Kier molecular flexibility index (Phi) is 6.16.